The first kappa shape index (κ1) is 14.0. The lowest BCUT2D eigenvalue weighted by atomic mass is 10.0. The van der Waals surface area contributed by atoms with E-state index in [0.29, 0.717) is 0 Å². The second-order valence-electron chi connectivity index (χ2n) is 4.99. The lowest BCUT2D eigenvalue weighted by molar-refractivity contribution is 0.506. The summed E-state index contributed by atoms with van der Waals surface area (Å²) < 4.78 is 13.5. The quantitative estimate of drug-likeness (QED) is 0.918. The van der Waals surface area contributed by atoms with Crippen LogP contribution in [0.25, 0.3) is 0 Å². The van der Waals surface area contributed by atoms with Crippen molar-refractivity contribution in [2.24, 2.45) is 0 Å². The summed E-state index contributed by atoms with van der Waals surface area (Å²) in [6.07, 6.45) is 1.04. The molecular formula is C15H17FN2S2. The fourth-order valence-corrected chi connectivity index (χ4v) is 4.52. The van der Waals surface area contributed by atoms with Crippen LogP contribution >= 0.6 is 23.1 Å². The van der Waals surface area contributed by atoms with E-state index in [-0.39, 0.29) is 11.9 Å². The van der Waals surface area contributed by atoms with Crippen LogP contribution in [0.3, 0.4) is 0 Å². The molecule has 0 saturated carbocycles. The molecule has 0 spiro atoms. The van der Waals surface area contributed by atoms with Gasteiger partial charge < -0.3 is 5.32 Å². The van der Waals surface area contributed by atoms with Gasteiger partial charge in [-0.25, -0.2) is 9.37 Å². The van der Waals surface area contributed by atoms with E-state index in [1.165, 1.54) is 9.77 Å². The molecular weight excluding hydrogens is 291 g/mol. The van der Waals surface area contributed by atoms with Crippen LogP contribution in [0.4, 0.5) is 4.39 Å². The Labute approximate surface area is 126 Å². The maximum atomic E-state index is 13.5. The minimum atomic E-state index is -0.150. The summed E-state index contributed by atoms with van der Waals surface area (Å²) in [6.45, 7) is 4.89. The molecule has 1 aromatic heterocycles. The van der Waals surface area contributed by atoms with E-state index in [4.69, 9.17) is 0 Å². The number of rotatable bonds is 3. The molecule has 5 heteroatoms. The number of thioether (sulfide) groups is 1. The van der Waals surface area contributed by atoms with Crippen molar-refractivity contribution < 1.29 is 4.39 Å². The average molecular weight is 308 g/mol. The molecule has 1 N–H and O–H groups in total. The molecule has 1 aromatic carbocycles. The summed E-state index contributed by atoms with van der Waals surface area (Å²) in [7, 11) is 0. The van der Waals surface area contributed by atoms with E-state index in [9.17, 15) is 4.39 Å². The molecule has 3 rings (SSSR count). The van der Waals surface area contributed by atoms with Crippen molar-refractivity contribution in [2.75, 3.05) is 5.75 Å². The zero-order valence-corrected chi connectivity index (χ0v) is 13.2. The fraction of sp³-hybridized carbons (Fsp3) is 0.400. The third-order valence-electron chi connectivity index (χ3n) is 3.52. The number of nitrogens with zero attached hydrogens (tertiary/aromatic N) is 1. The van der Waals surface area contributed by atoms with Crippen molar-refractivity contribution in [2.45, 2.75) is 37.8 Å². The van der Waals surface area contributed by atoms with E-state index in [2.05, 4.69) is 10.3 Å². The summed E-state index contributed by atoms with van der Waals surface area (Å²) in [5.74, 6) is 0.930. The lowest BCUT2D eigenvalue weighted by Crippen LogP contribution is -2.24. The molecule has 2 aromatic rings. The Kier molecular flexibility index (Phi) is 4.10. The van der Waals surface area contributed by atoms with Crippen LogP contribution in [0.1, 0.15) is 33.6 Å². The monoisotopic (exact) mass is 308 g/mol. The normalized spacial score (nSPS) is 18.1. The Morgan fingerprint density at radius 2 is 2.25 bits per heavy atom. The number of nitrogens with one attached hydrogen (secondary N) is 1. The summed E-state index contributed by atoms with van der Waals surface area (Å²) in [4.78, 5) is 6.93. The highest BCUT2D eigenvalue weighted by Gasteiger charge is 2.21. The first-order valence-corrected chi connectivity index (χ1v) is 8.52. The van der Waals surface area contributed by atoms with Gasteiger partial charge in [-0.1, -0.05) is 0 Å². The maximum absolute atomic E-state index is 13.5. The van der Waals surface area contributed by atoms with Crippen LogP contribution in [0.5, 0.6) is 0 Å². The summed E-state index contributed by atoms with van der Waals surface area (Å²) >= 11 is 3.55. The van der Waals surface area contributed by atoms with Gasteiger partial charge in [0.25, 0.3) is 0 Å². The zero-order valence-electron chi connectivity index (χ0n) is 11.6. The number of aromatic nitrogens is 1. The molecule has 0 fully saturated rings. The summed E-state index contributed by atoms with van der Waals surface area (Å²) in [5, 5.41) is 4.67. The third kappa shape index (κ3) is 2.90. The van der Waals surface area contributed by atoms with Crippen LogP contribution in [0, 0.1) is 19.7 Å². The number of hydrogen-bond donors (Lipinski definition) is 1. The first-order valence-electron chi connectivity index (χ1n) is 6.72. The van der Waals surface area contributed by atoms with Gasteiger partial charge in [-0.15, -0.1) is 23.1 Å². The van der Waals surface area contributed by atoms with Gasteiger partial charge in [-0.3, -0.25) is 0 Å². The smallest absolute Gasteiger partial charge is 0.123 e. The van der Waals surface area contributed by atoms with Crippen molar-refractivity contribution in [3.05, 3.63) is 45.2 Å². The van der Waals surface area contributed by atoms with E-state index in [1.807, 2.05) is 31.7 Å². The predicted molar refractivity (Wildman–Crippen MR) is 82.9 cm³/mol. The van der Waals surface area contributed by atoms with E-state index < -0.39 is 0 Å². The highest BCUT2D eigenvalue weighted by atomic mass is 32.2. The number of fused-ring (bicyclic) bond motifs is 1. The second-order valence-corrected chi connectivity index (χ2v) is 7.42. The van der Waals surface area contributed by atoms with Crippen molar-refractivity contribution in [3.63, 3.8) is 0 Å². The second kappa shape index (κ2) is 5.84. The van der Waals surface area contributed by atoms with Gasteiger partial charge in [0.2, 0.25) is 0 Å². The largest absolute Gasteiger partial charge is 0.305 e. The molecule has 0 aliphatic carbocycles. The van der Waals surface area contributed by atoms with Crippen molar-refractivity contribution in [1.82, 2.24) is 10.3 Å². The summed E-state index contributed by atoms with van der Waals surface area (Å²) in [6, 6.07) is 5.35. The number of aryl methyl sites for hydroxylation is 2. The van der Waals surface area contributed by atoms with Gasteiger partial charge in [0.1, 0.15) is 5.82 Å². The van der Waals surface area contributed by atoms with E-state index in [1.54, 1.807) is 23.5 Å². The Morgan fingerprint density at radius 1 is 1.40 bits per heavy atom. The number of benzene rings is 1. The molecule has 0 bridgehead atoms. The third-order valence-corrected chi connectivity index (χ3v) is 5.72. The molecule has 1 aliphatic heterocycles. The van der Waals surface area contributed by atoms with Crippen molar-refractivity contribution in [1.29, 1.82) is 0 Å². The molecule has 20 heavy (non-hydrogen) atoms. The molecule has 1 aliphatic rings. The van der Waals surface area contributed by atoms with Gasteiger partial charge >= 0.3 is 0 Å². The standard InChI is InChI=1S/C15H17FN2S2/c1-9-15(20-10(2)18-9)8-17-13-5-6-19-14-4-3-11(16)7-12(13)14/h3-4,7,13,17H,5-6,8H2,1-2H3. The van der Waals surface area contributed by atoms with Gasteiger partial charge in [0.15, 0.2) is 0 Å². The first-order chi connectivity index (χ1) is 9.63. The van der Waals surface area contributed by atoms with Crippen LogP contribution in [0.2, 0.25) is 0 Å². The molecule has 0 amide bonds. The molecule has 2 nitrogen and oxygen atoms in total. The number of thiazole rings is 1. The SMILES string of the molecule is Cc1nc(C)c(CNC2CCSc3ccc(F)cc32)s1. The van der Waals surface area contributed by atoms with Gasteiger partial charge in [-0.2, -0.15) is 0 Å². The Bertz CT molecular complexity index is 624. The highest BCUT2D eigenvalue weighted by Crippen LogP contribution is 2.36. The molecule has 0 saturated heterocycles. The van der Waals surface area contributed by atoms with E-state index in [0.717, 1.165) is 35.0 Å². The predicted octanol–water partition coefficient (Wildman–Crippen LogP) is 4.23. The van der Waals surface area contributed by atoms with Gasteiger partial charge in [0, 0.05) is 22.4 Å². The van der Waals surface area contributed by atoms with Crippen LogP contribution in [-0.4, -0.2) is 10.7 Å². The fourth-order valence-electron chi connectivity index (χ4n) is 2.53. The van der Waals surface area contributed by atoms with Crippen LogP contribution in [-0.2, 0) is 6.54 Å². The van der Waals surface area contributed by atoms with Crippen molar-refractivity contribution >= 4 is 23.1 Å². The highest BCUT2D eigenvalue weighted by molar-refractivity contribution is 7.99. The van der Waals surface area contributed by atoms with Crippen LogP contribution in [0.15, 0.2) is 23.1 Å². The lowest BCUT2D eigenvalue weighted by Gasteiger charge is -2.26. The molecule has 1 unspecified atom stereocenters. The minimum absolute atomic E-state index is 0.150. The Balaban J connectivity index is 1.76. The zero-order chi connectivity index (χ0) is 14.1. The Hall–Kier alpha value is -0.910. The molecule has 2 heterocycles. The maximum Gasteiger partial charge on any atom is 0.123 e. The number of hydrogen-bond acceptors (Lipinski definition) is 4. The Morgan fingerprint density at radius 3 is 3.00 bits per heavy atom. The van der Waals surface area contributed by atoms with Crippen LogP contribution < -0.4 is 5.32 Å². The average Bonchev–Trinajstić information content (AvgIpc) is 2.74. The van der Waals surface area contributed by atoms with Gasteiger partial charge in [0.05, 0.1) is 10.7 Å². The minimum Gasteiger partial charge on any atom is -0.305 e. The summed E-state index contributed by atoms with van der Waals surface area (Å²) in [5.41, 5.74) is 2.20. The van der Waals surface area contributed by atoms with Crippen molar-refractivity contribution in [3.8, 4) is 0 Å². The number of halogens is 1. The van der Waals surface area contributed by atoms with E-state index >= 15 is 0 Å². The molecule has 0 radical (unpaired) electrons. The van der Waals surface area contributed by atoms with Gasteiger partial charge in [-0.05, 0) is 49.8 Å². The molecule has 1 atom stereocenters. The topological polar surface area (TPSA) is 24.9 Å². The molecule has 106 valence electrons.